The molecular formula is C21H26N2O4. The van der Waals surface area contributed by atoms with E-state index < -0.39 is 0 Å². The van der Waals surface area contributed by atoms with E-state index in [-0.39, 0.29) is 18.2 Å². The molecule has 6 nitrogen and oxygen atoms in total. The van der Waals surface area contributed by atoms with Crippen molar-refractivity contribution in [1.82, 2.24) is 10.2 Å². The number of rotatable bonds is 9. The van der Waals surface area contributed by atoms with Crippen LogP contribution >= 0.6 is 0 Å². The van der Waals surface area contributed by atoms with Crippen molar-refractivity contribution in [3.63, 3.8) is 0 Å². The zero-order valence-electron chi connectivity index (χ0n) is 16.0. The third-order valence-corrected chi connectivity index (χ3v) is 4.21. The number of hydrogen-bond donors (Lipinski definition) is 1. The molecule has 2 rings (SSSR count). The van der Waals surface area contributed by atoms with Gasteiger partial charge in [0.2, 0.25) is 11.8 Å². The second kappa shape index (κ2) is 10.2. The molecule has 0 aliphatic carbocycles. The lowest BCUT2D eigenvalue weighted by Gasteiger charge is -2.21. The van der Waals surface area contributed by atoms with E-state index in [1.807, 2.05) is 42.5 Å². The van der Waals surface area contributed by atoms with Crippen molar-refractivity contribution in [2.45, 2.75) is 26.4 Å². The number of ether oxygens (including phenoxy) is 2. The molecule has 0 fully saturated rings. The summed E-state index contributed by atoms with van der Waals surface area (Å²) < 4.78 is 10.5. The molecule has 1 N–H and O–H groups in total. The average Bonchev–Trinajstić information content (AvgIpc) is 2.69. The van der Waals surface area contributed by atoms with Gasteiger partial charge >= 0.3 is 0 Å². The van der Waals surface area contributed by atoms with Gasteiger partial charge < -0.3 is 19.7 Å². The highest BCUT2D eigenvalue weighted by Gasteiger charge is 2.12. The maximum atomic E-state index is 12.2. The zero-order chi connectivity index (χ0) is 19.6. The van der Waals surface area contributed by atoms with Crippen LogP contribution in [0.2, 0.25) is 0 Å². The van der Waals surface area contributed by atoms with Crippen LogP contribution in [0.5, 0.6) is 11.5 Å². The lowest BCUT2D eigenvalue weighted by Crippen LogP contribution is -2.33. The van der Waals surface area contributed by atoms with Gasteiger partial charge in [-0.2, -0.15) is 0 Å². The predicted molar refractivity (Wildman–Crippen MR) is 104 cm³/mol. The third-order valence-electron chi connectivity index (χ3n) is 4.21. The van der Waals surface area contributed by atoms with Gasteiger partial charge in [0.25, 0.3) is 0 Å². The van der Waals surface area contributed by atoms with Crippen LogP contribution in [0.25, 0.3) is 0 Å². The molecule has 0 aliphatic heterocycles. The van der Waals surface area contributed by atoms with Crippen LogP contribution < -0.4 is 14.8 Å². The minimum atomic E-state index is -0.107. The van der Waals surface area contributed by atoms with E-state index in [4.69, 9.17) is 9.47 Å². The molecule has 0 saturated heterocycles. The van der Waals surface area contributed by atoms with Gasteiger partial charge in [0.05, 0.1) is 14.2 Å². The van der Waals surface area contributed by atoms with E-state index in [0.717, 1.165) is 11.1 Å². The largest absolute Gasteiger partial charge is 0.493 e. The molecule has 0 aliphatic rings. The van der Waals surface area contributed by atoms with Crippen LogP contribution in [0.1, 0.15) is 24.5 Å². The van der Waals surface area contributed by atoms with Crippen LogP contribution in [0.15, 0.2) is 48.5 Å². The van der Waals surface area contributed by atoms with Gasteiger partial charge in [-0.25, -0.2) is 0 Å². The second-order valence-corrected chi connectivity index (χ2v) is 6.14. The van der Waals surface area contributed by atoms with Crippen molar-refractivity contribution in [3.05, 3.63) is 59.7 Å². The summed E-state index contributed by atoms with van der Waals surface area (Å²) in [6, 6.07) is 15.2. The lowest BCUT2D eigenvalue weighted by molar-refractivity contribution is -0.130. The minimum absolute atomic E-state index is 0.0495. The topological polar surface area (TPSA) is 67.9 Å². The number of carbonyl (C=O) groups excluding carboxylic acids is 2. The molecule has 0 bridgehead atoms. The first-order valence-corrected chi connectivity index (χ1v) is 8.80. The smallest absolute Gasteiger partial charge is 0.222 e. The molecule has 2 amide bonds. The lowest BCUT2D eigenvalue weighted by atomic mass is 10.2. The number of carbonyl (C=O) groups is 2. The van der Waals surface area contributed by atoms with Crippen molar-refractivity contribution in [1.29, 1.82) is 0 Å². The highest BCUT2D eigenvalue weighted by molar-refractivity contribution is 5.78. The first kappa shape index (κ1) is 20.3. The Balaban J connectivity index is 1.84. The summed E-state index contributed by atoms with van der Waals surface area (Å²) in [5, 5.41) is 2.87. The van der Waals surface area contributed by atoms with Gasteiger partial charge in [0.15, 0.2) is 11.5 Å². The molecule has 144 valence electrons. The van der Waals surface area contributed by atoms with E-state index in [2.05, 4.69) is 5.32 Å². The van der Waals surface area contributed by atoms with Crippen molar-refractivity contribution >= 4 is 11.8 Å². The van der Waals surface area contributed by atoms with Gasteiger partial charge in [-0.1, -0.05) is 36.4 Å². The molecule has 0 radical (unpaired) electrons. The molecule has 0 spiro atoms. The van der Waals surface area contributed by atoms with E-state index in [9.17, 15) is 9.59 Å². The van der Waals surface area contributed by atoms with Crippen molar-refractivity contribution < 1.29 is 19.1 Å². The highest BCUT2D eigenvalue weighted by Crippen LogP contribution is 2.27. The summed E-state index contributed by atoms with van der Waals surface area (Å²) >= 11 is 0. The van der Waals surface area contributed by atoms with Crippen molar-refractivity contribution in [3.8, 4) is 11.5 Å². The summed E-state index contributed by atoms with van der Waals surface area (Å²) in [6.45, 7) is 2.78. The second-order valence-electron chi connectivity index (χ2n) is 6.14. The molecular weight excluding hydrogens is 344 g/mol. The summed E-state index contributed by atoms with van der Waals surface area (Å²) in [5.74, 6) is 1.11. The van der Waals surface area contributed by atoms with Gasteiger partial charge in [-0.05, 0) is 23.3 Å². The Kier molecular flexibility index (Phi) is 7.67. The van der Waals surface area contributed by atoms with Crippen LogP contribution in [0.4, 0.5) is 0 Å². The SMILES string of the molecule is COc1ccc(CNC(=O)CCN(Cc2ccccc2)C(C)=O)cc1OC. The Morgan fingerprint density at radius 3 is 2.30 bits per heavy atom. The van der Waals surface area contributed by atoms with E-state index in [1.165, 1.54) is 6.92 Å². The number of amides is 2. The van der Waals surface area contributed by atoms with Crippen LogP contribution in [0.3, 0.4) is 0 Å². The van der Waals surface area contributed by atoms with Gasteiger partial charge in [0.1, 0.15) is 0 Å². The Morgan fingerprint density at radius 2 is 1.67 bits per heavy atom. The molecule has 2 aromatic rings. The third kappa shape index (κ3) is 6.33. The Bertz CT molecular complexity index is 762. The number of benzene rings is 2. The fourth-order valence-corrected chi connectivity index (χ4v) is 2.67. The van der Waals surface area contributed by atoms with Crippen LogP contribution in [-0.2, 0) is 22.7 Å². The summed E-state index contributed by atoms with van der Waals surface area (Å²) in [7, 11) is 3.15. The fourth-order valence-electron chi connectivity index (χ4n) is 2.67. The zero-order valence-corrected chi connectivity index (χ0v) is 16.0. The Morgan fingerprint density at radius 1 is 0.963 bits per heavy atom. The minimum Gasteiger partial charge on any atom is -0.493 e. The van der Waals surface area contributed by atoms with Crippen LogP contribution in [-0.4, -0.2) is 37.5 Å². The summed E-state index contributed by atoms with van der Waals surface area (Å²) in [5.41, 5.74) is 1.95. The molecule has 2 aromatic carbocycles. The molecule has 0 aromatic heterocycles. The van der Waals surface area contributed by atoms with Crippen LogP contribution in [0, 0.1) is 0 Å². The van der Waals surface area contributed by atoms with E-state index in [1.54, 1.807) is 25.2 Å². The molecule has 27 heavy (non-hydrogen) atoms. The number of nitrogens with one attached hydrogen (secondary N) is 1. The number of methoxy groups -OCH3 is 2. The maximum absolute atomic E-state index is 12.2. The number of hydrogen-bond acceptors (Lipinski definition) is 4. The van der Waals surface area contributed by atoms with Crippen molar-refractivity contribution in [2.24, 2.45) is 0 Å². The fraction of sp³-hybridized carbons (Fsp3) is 0.333. The standard InChI is InChI=1S/C21H26N2O4/c1-16(24)23(15-17-7-5-4-6-8-17)12-11-21(25)22-14-18-9-10-19(26-2)20(13-18)27-3/h4-10,13H,11-12,14-15H2,1-3H3,(H,22,25). The maximum Gasteiger partial charge on any atom is 0.222 e. The highest BCUT2D eigenvalue weighted by atomic mass is 16.5. The molecule has 0 unspecified atom stereocenters. The normalized spacial score (nSPS) is 10.2. The first-order valence-electron chi connectivity index (χ1n) is 8.80. The van der Waals surface area contributed by atoms with E-state index in [0.29, 0.717) is 31.1 Å². The van der Waals surface area contributed by atoms with Gasteiger partial charge in [0, 0.05) is 33.0 Å². The van der Waals surface area contributed by atoms with Gasteiger partial charge in [-0.3, -0.25) is 9.59 Å². The number of nitrogens with zero attached hydrogens (tertiary/aromatic N) is 1. The van der Waals surface area contributed by atoms with Gasteiger partial charge in [-0.15, -0.1) is 0 Å². The molecule has 0 atom stereocenters. The predicted octanol–water partition coefficient (Wildman–Crippen LogP) is 2.76. The van der Waals surface area contributed by atoms with Crippen molar-refractivity contribution in [2.75, 3.05) is 20.8 Å². The molecule has 6 heteroatoms. The summed E-state index contributed by atoms with van der Waals surface area (Å²) in [6.07, 6.45) is 0.250. The summed E-state index contributed by atoms with van der Waals surface area (Å²) in [4.78, 5) is 25.7. The van der Waals surface area contributed by atoms with E-state index >= 15 is 0 Å². The Labute approximate surface area is 160 Å². The quantitative estimate of drug-likeness (QED) is 0.737. The molecule has 0 heterocycles. The average molecular weight is 370 g/mol. The molecule has 0 saturated carbocycles. The monoisotopic (exact) mass is 370 g/mol. The Hall–Kier alpha value is -3.02. The first-order chi connectivity index (χ1) is 13.0.